The van der Waals surface area contributed by atoms with Crippen molar-refractivity contribution in [1.82, 2.24) is 25.0 Å². The number of sulfone groups is 1. The first-order chi connectivity index (χ1) is 13.4. The lowest BCUT2D eigenvalue weighted by Crippen LogP contribution is -2.21. The van der Waals surface area contributed by atoms with E-state index in [1.165, 1.54) is 11.1 Å². The minimum atomic E-state index is -3.21. The quantitative estimate of drug-likeness (QED) is 0.704. The fourth-order valence-corrected chi connectivity index (χ4v) is 5.12. The van der Waals surface area contributed by atoms with Gasteiger partial charge in [0, 0.05) is 6.07 Å². The lowest BCUT2D eigenvalue weighted by Gasteiger charge is -2.25. The Kier molecular flexibility index (Phi) is 4.84. The van der Waals surface area contributed by atoms with Gasteiger partial charge in [0.1, 0.15) is 12.1 Å². The molecule has 0 amide bonds. The van der Waals surface area contributed by atoms with E-state index < -0.39 is 9.84 Å². The van der Waals surface area contributed by atoms with Gasteiger partial charge < -0.3 is 5.32 Å². The van der Waals surface area contributed by atoms with Crippen molar-refractivity contribution in [1.29, 1.82) is 0 Å². The van der Waals surface area contributed by atoms with Crippen LogP contribution in [0.3, 0.4) is 0 Å². The molecule has 4 rings (SSSR count). The molecule has 0 fully saturated rings. The number of nitrogens with zero attached hydrogens (tertiary/aromatic N) is 5. The summed E-state index contributed by atoms with van der Waals surface area (Å²) in [5, 5.41) is 11.6. The highest BCUT2D eigenvalue weighted by molar-refractivity contribution is 7.91. The summed E-state index contributed by atoms with van der Waals surface area (Å²) < 4.78 is 25.0. The molecule has 3 heterocycles. The smallest absolute Gasteiger partial charge is 0.179 e. The zero-order chi connectivity index (χ0) is 19.7. The van der Waals surface area contributed by atoms with Crippen LogP contribution >= 0.6 is 0 Å². The molecule has 28 heavy (non-hydrogen) atoms. The summed E-state index contributed by atoms with van der Waals surface area (Å²) in [5.74, 6) is 1.61. The number of hydrogen-bond acceptors (Lipinski definition) is 7. The Hall–Kier alpha value is -2.81. The summed E-state index contributed by atoms with van der Waals surface area (Å²) in [7, 11) is -3.21. The third-order valence-corrected chi connectivity index (χ3v) is 6.77. The number of rotatable bonds is 5. The number of aryl methyl sites for hydroxylation is 1. The van der Waals surface area contributed by atoms with E-state index in [1.54, 1.807) is 18.5 Å². The maximum atomic E-state index is 12.5. The molecule has 2 aromatic heterocycles. The summed E-state index contributed by atoms with van der Waals surface area (Å²) in [5.41, 5.74) is 1.84. The van der Waals surface area contributed by atoms with Crippen LogP contribution in [0.2, 0.25) is 0 Å². The maximum Gasteiger partial charge on any atom is 0.179 e. The van der Waals surface area contributed by atoms with E-state index >= 15 is 0 Å². The highest BCUT2D eigenvalue weighted by Crippen LogP contribution is 2.32. The van der Waals surface area contributed by atoms with E-state index in [0.717, 1.165) is 17.5 Å². The topological polar surface area (TPSA) is 103 Å². The van der Waals surface area contributed by atoms with Crippen LogP contribution in [0.5, 0.6) is 0 Å². The molecule has 0 spiro atoms. The van der Waals surface area contributed by atoms with Crippen molar-refractivity contribution < 1.29 is 8.42 Å². The number of aromatic nitrogens is 5. The van der Waals surface area contributed by atoms with E-state index in [-0.39, 0.29) is 17.7 Å². The van der Waals surface area contributed by atoms with Crippen LogP contribution < -0.4 is 5.32 Å². The molecule has 0 saturated carbocycles. The van der Waals surface area contributed by atoms with E-state index in [9.17, 15) is 8.42 Å². The highest BCUT2D eigenvalue weighted by atomic mass is 32.2. The number of nitrogens with one attached hydrogen (secondary N) is 1. The third-order valence-electron chi connectivity index (χ3n) is 4.89. The van der Waals surface area contributed by atoms with Crippen molar-refractivity contribution in [2.75, 3.05) is 11.1 Å². The Morgan fingerprint density at radius 2 is 1.89 bits per heavy atom. The summed E-state index contributed by atoms with van der Waals surface area (Å²) in [4.78, 5) is 10.4. The first-order valence-corrected chi connectivity index (χ1v) is 10.9. The average Bonchev–Trinajstić information content (AvgIpc) is 3.21. The minimum absolute atomic E-state index is 0.101. The second-order valence-electron chi connectivity index (χ2n) is 7.24. The number of anilines is 1. The SMILES string of the molecule is CC(C)[C@H](Nc1cc(-n2nccn2)ncn1)c1ccc2c(c1)S(=O)(=O)CCC2. The molecular formula is C19H22N6O2S. The van der Waals surface area contributed by atoms with Crippen LogP contribution in [0.15, 0.2) is 47.9 Å². The highest BCUT2D eigenvalue weighted by Gasteiger charge is 2.26. The van der Waals surface area contributed by atoms with Gasteiger partial charge in [-0.3, -0.25) is 0 Å². The number of benzene rings is 1. The standard InChI is InChI=1S/C19H22N6O2S/c1-13(2)19(15-6-5-14-4-3-9-28(26,27)16(14)10-15)24-17-11-18(21-12-20-17)25-22-7-8-23-25/h5-8,10-13,19H,3-4,9H2,1-2H3,(H,20,21,24)/t19-/m0/s1. The zero-order valence-electron chi connectivity index (χ0n) is 15.8. The normalized spacial score (nSPS) is 16.5. The summed E-state index contributed by atoms with van der Waals surface area (Å²) in [6, 6.07) is 7.44. The van der Waals surface area contributed by atoms with E-state index in [4.69, 9.17) is 0 Å². The number of hydrogen-bond donors (Lipinski definition) is 1. The van der Waals surface area contributed by atoms with Crippen molar-refractivity contribution >= 4 is 15.7 Å². The molecule has 0 saturated heterocycles. The maximum absolute atomic E-state index is 12.5. The molecule has 1 aliphatic rings. The van der Waals surface area contributed by atoms with Gasteiger partial charge in [-0.1, -0.05) is 26.0 Å². The van der Waals surface area contributed by atoms with Crippen LogP contribution in [0.25, 0.3) is 5.82 Å². The monoisotopic (exact) mass is 398 g/mol. The third kappa shape index (κ3) is 3.62. The second-order valence-corrected chi connectivity index (χ2v) is 9.31. The molecule has 9 heteroatoms. The van der Waals surface area contributed by atoms with Gasteiger partial charge in [0.15, 0.2) is 15.7 Å². The molecule has 1 atom stereocenters. The van der Waals surface area contributed by atoms with Crippen LogP contribution in [-0.4, -0.2) is 39.1 Å². The molecule has 0 radical (unpaired) electrons. The predicted molar refractivity (Wildman–Crippen MR) is 105 cm³/mol. The van der Waals surface area contributed by atoms with Crippen molar-refractivity contribution in [3.63, 3.8) is 0 Å². The summed E-state index contributed by atoms with van der Waals surface area (Å²) >= 11 is 0. The molecular weight excluding hydrogens is 376 g/mol. The Morgan fingerprint density at radius 1 is 1.11 bits per heavy atom. The average molecular weight is 398 g/mol. The van der Waals surface area contributed by atoms with Crippen LogP contribution in [-0.2, 0) is 16.3 Å². The fourth-order valence-electron chi connectivity index (χ4n) is 3.49. The Morgan fingerprint density at radius 3 is 2.64 bits per heavy atom. The van der Waals surface area contributed by atoms with E-state index in [1.807, 2.05) is 18.2 Å². The molecule has 0 bridgehead atoms. The van der Waals surface area contributed by atoms with Crippen LogP contribution in [0.1, 0.15) is 37.4 Å². The largest absolute Gasteiger partial charge is 0.363 e. The van der Waals surface area contributed by atoms with Crippen LogP contribution in [0.4, 0.5) is 5.82 Å². The van der Waals surface area contributed by atoms with Gasteiger partial charge >= 0.3 is 0 Å². The van der Waals surface area contributed by atoms with Gasteiger partial charge in [-0.05, 0) is 36.0 Å². The second kappa shape index (κ2) is 7.31. The van der Waals surface area contributed by atoms with Gasteiger partial charge in [0.25, 0.3) is 0 Å². The van der Waals surface area contributed by atoms with E-state index in [0.29, 0.717) is 23.0 Å². The Bertz CT molecular complexity index is 1080. The molecule has 146 valence electrons. The molecule has 0 unspecified atom stereocenters. The first-order valence-electron chi connectivity index (χ1n) is 9.25. The van der Waals surface area contributed by atoms with Crippen molar-refractivity contribution in [2.24, 2.45) is 5.92 Å². The lowest BCUT2D eigenvalue weighted by molar-refractivity contribution is 0.542. The van der Waals surface area contributed by atoms with Gasteiger partial charge in [0.05, 0.1) is 29.1 Å². The van der Waals surface area contributed by atoms with Gasteiger partial charge in [-0.15, -0.1) is 4.80 Å². The first kappa shape index (κ1) is 18.5. The Balaban J connectivity index is 1.67. The predicted octanol–water partition coefficient (Wildman–Crippen LogP) is 2.59. The molecule has 0 aliphatic carbocycles. The van der Waals surface area contributed by atoms with Crippen molar-refractivity contribution in [3.8, 4) is 5.82 Å². The number of fused-ring (bicyclic) bond motifs is 1. The van der Waals surface area contributed by atoms with Crippen LogP contribution in [0, 0.1) is 5.92 Å². The molecule has 3 aromatic rings. The van der Waals surface area contributed by atoms with Gasteiger partial charge in [0.2, 0.25) is 0 Å². The van der Waals surface area contributed by atoms with E-state index in [2.05, 4.69) is 39.3 Å². The molecule has 1 aromatic carbocycles. The van der Waals surface area contributed by atoms with Crippen molar-refractivity contribution in [3.05, 3.63) is 54.1 Å². The summed E-state index contributed by atoms with van der Waals surface area (Å²) in [6.07, 6.45) is 6.11. The summed E-state index contributed by atoms with van der Waals surface area (Å²) in [6.45, 7) is 4.17. The Labute approximate surface area is 164 Å². The molecule has 8 nitrogen and oxygen atoms in total. The minimum Gasteiger partial charge on any atom is -0.363 e. The van der Waals surface area contributed by atoms with Gasteiger partial charge in [-0.25, -0.2) is 18.4 Å². The zero-order valence-corrected chi connectivity index (χ0v) is 16.6. The van der Waals surface area contributed by atoms with Gasteiger partial charge in [-0.2, -0.15) is 10.2 Å². The fraction of sp³-hybridized carbons (Fsp3) is 0.368. The molecule has 1 aliphatic heterocycles. The lowest BCUT2D eigenvalue weighted by atomic mass is 9.94. The van der Waals surface area contributed by atoms with Crippen molar-refractivity contribution in [2.45, 2.75) is 37.6 Å². The molecule has 1 N–H and O–H groups in total.